The molecule has 0 saturated carbocycles. The topological polar surface area (TPSA) is 39.7 Å². The SMILES string of the molecule is CN(CCc1ccccn1)C(=O)CCC[C@@H]1[C@H]2CCCN3CCC[C@@H](CN1Cc1ccccc1)[C@@H]23. The van der Waals surface area contributed by atoms with E-state index < -0.39 is 0 Å². The van der Waals surface area contributed by atoms with Gasteiger partial charge in [0.2, 0.25) is 5.91 Å². The summed E-state index contributed by atoms with van der Waals surface area (Å²) in [5.41, 5.74) is 2.47. The average Bonchev–Trinajstić information content (AvgIpc) is 2.90. The Morgan fingerprint density at radius 3 is 2.66 bits per heavy atom. The molecular formula is C30H42N4O. The van der Waals surface area contributed by atoms with Gasteiger partial charge in [-0.3, -0.25) is 19.6 Å². The minimum absolute atomic E-state index is 0.271. The van der Waals surface area contributed by atoms with Crippen molar-refractivity contribution in [2.45, 2.75) is 70.0 Å². The van der Waals surface area contributed by atoms with Gasteiger partial charge in [0.1, 0.15) is 0 Å². The van der Waals surface area contributed by atoms with E-state index in [1.54, 1.807) is 0 Å². The van der Waals surface area contributed by atoms with Gasteiger partial charge in [-0.2, -0.15) is 0 Å². The predicted molar refractivity (Wildman–Crippen MR) is 141 cm³/mol. The first kappa shape index (κ1) is 24.5. The van der Waals surface area contributed by atoms with E-state index in [4.69, 9.17) is 0 Å². The minimum atomic E-state index is 0.271. The molecule has 1 aromatic heterocycles. The monoisotopic (exact) mass is 474 g/mol. The van der Waals surface area contributed by atoms with E-state index in [0.29, 0.717) is 12.5 Å². The summed E-state index contributed by atoms with van der Waals surface area (Å²) in [6.45, 7) is 5.59. The van der Waals surface area contributed by atoms with Crippen LogP contribution in [-0.4, -0.2) is 70.9 Å². The van der Waals surface area contributed by atoms with Crippen LogP contribution in [0.4, 0.5) is 0 Å². The molecule has 5 rings (SSSR count). The number of likely N-dealkylation sites (tertiary alicyclic amines) is 1. The second-order valence-electron chi connectivity index (χ2n) is 11.0. The van der Waals surface area contributed by atoms with Crippen LogP contribution in [0.15, 0.2) is 54.7 Å². The van der Waals surface area contributed by atoms with Crippen molar-refractivity contribution < 1.29 is 4.79 Å². The van der Waals surface area contributed by atoms with Gasteiger partial charge in [0, 0.05) is 63.5 Å². The van der Waals surface area contributed by atoms with E-state index >= 15 is 0 Å². The molecular weight excluding hydrogens is 432 g/mol. The van der Waals surface area contributed by atoms with Crippen LogP contribution in [0.1, 0.15) is 56.2 Å². The van der Waals surface area contributed by atoms with Crippen LogP contribution < -0.4 is 0 Å². The molecule has 0 radical (unpaired) electrons. The number of hydrogen-bond acceptors (Lipinski definition) is 4. The van der Waals surface area contributed by atoms with Crippen molar-refractivity contribution in [3.8, 4) is 0 Å². The van der Waals surface area contributed by atoms with Crippen LogP contribution in [0.3, 0.4) is 0 Å². The van der Waals surface area contributed by atoms with E-state index in [-0.39, 0.29) is 5.91 Å². The van der Waals surface area contributed by atoms with Gasteiger partial charge in [-0.1, -0.05) is 36.4 Å². The smallest absolute Gasteiger partial charge is 0.222 e. The highest BCUT2D eigenvalue weighted by atomic mass is 16.2. The molecule has 188 valence electrons. The highest BCUT2D eigenvalue weighted by Crippen LogP contribution is 2.43. The van der Waals surface area contributed by atoms with E-state index in [9.17, 15) is 4.79 Å². The number of aromatic nitrogens is 1. The van der Waals surface area contributed by atoms with Crippen molar-refractivity contribution in [2.75, 3.05) is 33.2 Å². The molecule has 3 aliphatic rings. The quantitative estimate of drug-likeness (QED) is 0.531. The Hall–Kier alpha value is -2.24. The van der Waals surface area contributed by atoms with E-state index in [0.717, 1.165) is 55.9 Å². The molecule has 1 aromatic carbocycles. The number of piperidine rings is 3. The number of rotatable bonds is 9. The second kappa shape index (κ2) is 11.7. The lowest BCUT2D eigenvalue weighted by Gasteiger charge is -2.57. The summed E-state index contributed by atoms with van der Waals surface area (Å²) in [5, 5.41) is 0. The molecule has 5 nitrogen and oxygen atoms in total. The van der Waals surface area contributed by atoms with Crippen LogP contribution >= 0.6 is 0 Å². The van der Waals surface area contributed by atoms with E-state index in [1.165, 1.54) is 50.9 Å². The summed E-state index contributed by atoms with van der Waals surface area (Å²) in [6.07, 6.45) is 10.8. The Balaban J connectivity index is 1.21. The highest BCUT2D eigenvalue weighted by molar-refractivity contribution is 5.75. The molecule has 0 bridgehead atoms. The summed E-state index contributed by atoms with van der Waals surface area (Å²) in [4.78, 5) is 24.8. The van der Waals surface area contributed by atoms with E-state index in [1.807, 2.05) is 36.3 Å². The first-order valence-electron chi connectivity index (χ1n) is 13.8. The zero-order valence-corrected chi connectivity index (χ0v) is 21.4. The van der Waals surface area contributed by atoms with Crippen LogP contribution in [0, 0.1) is 11.8 Å². The summed E-state index contributed by atoms with van der Waals surface area (Å²) in [5.74, 6) is 1.84. The molecule has 0 aliphatic carbocycles. The molecule has 0 unspecified atom stereocenters. The normalized spacial score (nSPS) is 26.8. The largest absolute Gasteiger partial charge is 0.345 e. The van der Waals surface area contributed by atoms with Crippen molar-refractivity contribution in [3.05, 3.63) is 66.0 Å². The zero-order valence-electron chi connectivity index (χ0n) is 21.4. The Labute approximate surface area is 211 Å². The number of carbonyl (C=O) groups excluding carboxylic acids is 1. The van der Waals surface area contributed by atoms with Gasteiger partial charge < -0.3 is 4.90 Å². The standard InChI is InChI=1S/C30H42N4O/c1-32(21-17-26-13-5-6-18-31-26)29(35)16-7-15-28-27-14-9-20-33-19-8-12-25(30(27)33)23-34(28)22-24-10-3-2-4-11-24/h2-6,10-11,13,18,25,27-28,30H,7-9,12,14-17,19-23H2,1H3/t25-,27+,28+,30-/m0/s1. The highest BCUT2D eigenvalue weighted by Gasteiger charge is 2.48. The van der Waals surface area contributed by atoms with Crippen LogP contribution in [0.2, 0.25) is 0 Å². The van der Waals surface area contributed by atoms with Crippen LogP contribution in [0.25, 0.3) is 0 Å². The van der Waals surface area contributed by atoms with Crippen LogP contribution in [0.5, 0.6) is 0 Å². The first-order valence-corrected chi connectivity index (χ1v) is 13.8. The molecule has 3 saturated heterocycles. The number of carbonyl (C=O) groups is 1. The Morgan fingerprint density at radius 1 is 1.06 bits per heavy atom. The van der Waals surface area contributed by atoms with Gasteiger partial charge >= 0.3 is 0 Å². The van der Waals surface area contributed by atoms with Gasteiger partial charge in [-0.25, -0.2) is 0 Å². The maximum Gasteiger partial charge on any atom is 0.222 e. The first-order chi connectivity index (χ1) is 17.2. The van der Waals surface area contributed by atoms with Crippen molar-refractivity contribution in [3.63, 3.8) is 0 Å². The molecule has 1 amide bonds. The third-order valence-electron chi connectivity index (χ3n) is 8.75. The second-order valence-corrected chi connectivity index (χ2v) is 11.0. The number of nitrogens with zero attached hydrogens (tertiary/aromatic N) is 4. The third kappa shape index (κ3) is 5.95. The van der Waals surface area contributed by atoms with Crippen molar-refractivity contribution in [1.82, 2.24) is 19.7 Å². The summed E-state index contributed by atoms with van der Waals surface area (Å²) < 4.78 is 0. The average molecular weight is 475 g/mol. The van der Waals surface area contributed by atoms with Crippen molar-refractivity contribution in [2.24, 2.45) is 11.8 Å². The predicted octanol–water partition coefficient (Wildman–Crippen LogP) is 4.63. The van der Waals surface area contributed by atoms with Gasteiger partial charge in [0.25, 0.3) is 0 Å². The van der Waals surface area contributed by atoms with Gasteiger partial charge in [0.15, 0.2) is 0 Å². The maximum absolute atomic E-state index is 12.9. The molecule has 5 heteroatoms. The molecule has 4 heterocycles. The lowest BCUT2D eigenvalue weighted by atomic mass is 9.69. The molecule has 3 fully saturated rings. The van der Waals surface area contributed by atoms with Gasteiger partial charge in [-0.15, -0.1) is 0 Å². The molecule has 0 N–H and O–H groups in total. The Kier molecular flexibility index (Phi) is 8.15. The Bertz CT molecular complexity index is 934. The number of hydrogen-bond donors (Lipinski definition) is 0. The van der Waals surface area contributed by atoms with E-state index in [2.05, 4.69) is 45.1 Å². The fourth-order valence-electron chi connectivity index (χ4n) is 7.09. The van der Waals surface area contributed by atoms with Crippen molar-refractivity contribution in [1.29, 1.82) is 0 Å². The number of amides is 1. The minimum Gasteiger partial charge on any atom is -0.345 e. The van der Waals surface area contributed by atoms with Crippen LogP contribution in [-0.2, 0) is 17.8 Å². The molecule has 0 spiro atoms. The number of benzene rings is 1. The summed E-state index contributed by atoms with van der Waals surface area (Å²) >= 11 is 0. The Morgan fingerprint density at radius 2 is 1.86 bits per heavy atom. The number of likely N-dealkylation sites (N-methyl/N-ethyl adjacent to an activating group) is 1. The molecule has 4 atom stereocenters. The summed E-state index contributed by atoms with van der Waals surface area (Å²) in [7, 11) is 1.94. The fourth-order valence-corrected chi connectivity index (χ4v) is 7.09. The number of pyridine rings is 1. The van der Waals surface area contributed by atoms with Gasteiger partial charge in [0.05, 0.1) is 0 Å². The zero-order chi connectivity index (χ0) is 24.0. The van der Waals surface area contributed by atoms with Gasteiger partial charge in [-0.05, 0) is 81.1 Å². The molecule has 2 aromatic rings. The van der Waals surface area contributed by atoms with Crippen molar-refractivity contribution >= 4 is 5.91 Å². The molecule has 35 heavy (non-hydrogen) atoms. The summed E-state index contributed by atoms with van der Waals surface area (Å²) in [6, 6.07) is 18.3. The third-order valence-corrected chi connectivity index (χ3v) is 8.75. The lowest BCUT2D eigenvalue weighted by Crippen LogP contribution is -2.64. The fraction of sp³-hybridized carbons (Fsp3) is 0.600. The maximum atomic E-state index is 12.9. The lowest BCUT2D eigenvalue weighted by molar-refractivity contribution is -0.130. The molecule has 3 aliphatic heterocycles.